The average Bonchev–Trinajstić information content (AvgIpc) is 2.28. The van der Waals surface area contributed by atoms with Crippen LogP contribution >= 0.6 is 0 Å². The molecule has 0 aliphatic heterocycles. The molecule has 2 heteroatoms. The van der Waals surface area contributed by atoms with E-state index in [0.717, 1.165) is 18.4 Å². The summed E-state index contributed by atoms with van der Waals surface area (Å²) in [5.74, 6) is 0.0634. The molecule has 0 fully saturated rings. The van der Waals surface area contributed by atoms with Crippen molar-refractivity contribution in [3.8, 4) is 0 Å². The third-order valence-electron chi connectivity index (χ3n) is 2.70. The minimum Gasteiger partial charge on any atom is -0.402 e. The normalized spacial score (nSPS) is 12.1. The Morgan fingerprint density at radius 2 is 1.94 bits per heavy atom. The lowest BCUT2D eigenvalue weighted by Gasteiger charge is -2.15. The van der Waals surface area contributed by atoms with Crippen LogP contribution in [0.5, 0.6) is 0 Å². The number of rotatable bonds is 6. The smallest absolute Gasteiger partial charge is 0.0352 e. The highest BCUT2D eigenvalue weighted by atomic mass is 14.6. The lowest BCUT2D eigenvalue weighted by molar-refractivity contribution is 0.791. The van der Waals surface area contributed by atoms with Gasteiger partial charge in [0.05, 0.1) is 0 Å². The summed E-state index contributed by atoms with van der Waals surface area (Å²) in [4.78, 5) is 0. The van der Waals surface area contributed by atoms with Gasteiger partial charge < -0.3 is 11.5 Å². The highest BCUT2D eigenvalue weighted by Crippen LogP contribution is 2.19. The van der Waals surface area contributed by atoms with Crippen LogP contribution in [0.1, 0.15) is 23.5 Å². The van der Waals surface area contributed by atoms with Gasteiger partial charge in [0.2, 0.25) is 0 Å². The molecule has 0 spiro atoms. The minimum absolute atomic E-state index is 0.0634. The van der Waals surface area contributed by atoms with Gasteiger partial charge in [-0.3, -0.25) is 0 Å². The van der Waals surface area contributed by atoms with Crippen LogP contribution in [0.15, 0.2) is 49.2 Å². The molecule has 0 radical (unpaired) electrons. The van der Waals surface area contributed by atoms with Crippen LogP contribution < -0.4 is 11.5 Å². The van der Waals surface area contributed by atoms with Crippen molar-refractivity contribution in [1.29, 1.82) is 0 Å². The fourth-order valence-electron chi connectivity index (χ4n) is 1.69. The summed E-state index contributed by atoms with van der Waals surface area (Å²) in [7, 11) is 0. The summed E-state index contributed by atoms with van der Waals surface area (Å²) in [6.07, 6.45) is 3.96. The molecule has 0 aromatic heterocycles. The van der Waals surface area contributed by atoms with E-state index < -0.39 is 0 Å². The van der Waals surface area contributed by atoms with E-state index in [1.165, 1.54) is 5.56 Å². The maximum atomic E-state index is 5.71. The van der Waals surface area contributed by atoms with Gasteiger partial charge in [0.1, 0.15) is 0 Å². The van der Waals surface area contributed by atoms with Crippen LogP contribution in [0.3, 0.4) is 0 Å². The summed E-state index contributed by atoms with van der Waals surface area (Å²) >= 11 is 0. The second-order valence-corrected chi connectivity index (χ2v) is 3.93. The zero-order valence-corrected chi connectivity index (χ0v) is 9.65. The Balaban J connectivity index is 2.76. The van der Waals surface area contributed by atoms with Crippen molar-refractivity contribution in [1.82, 2.24) is 0 Å². The molecule has 0 saturated carbocycles. The second-order valence-electron chi connectivity index (χ2n) is 3.93. The predicted octanol–water partition coefficient (Wildman–Crippen LogP) is 2.32. The Morgan fingerprint density at radius 1 is 1.31 bits per heavy atom. The van der Waals surface area contributed by atoms with Crippen molar-refractivity contribution < 1.29 is 0 Å². The van der Waals surface area contributed by atoms with E-state index in [0.29, 0.717) is 12.2 Å². The first-order valence-corrected chi connectivity index (χ1v) is 5.53. The average molecular weight is 216 g/mol. The van der Waals surface area contributed by atoms with Crippen molar-refractivity contribution in [2.24, 2.45) is 11.5 Å². The molecular formula is C14H20N2. The van der Waals surface area contributed by atoms with E-state index in [1.807, 2.05) is 6.08 Å². The molecule has 0 saturated heterocycles. The molecule has 0 amide bonds. The van der Waals surface area contributed by atoms with E-state index >= 15 is 0 Å². The Hall–Kier alpha value is -1.54. The number of benzene rings is 1. The fraction of sp³-hybridized carbons (Fsp3) is 0.286. The van der Waals surface area contributed by atoms with Crippen LogP contribution in [-0.4, -0.2) is 6.54 Å². The van der Waals surface area contributed by atoms with Crippen molar-refractivity contribution in [2.45, 2.75) is 18.8 Å². The summed E-state index contributed by atoms with van der Waals surface area (Å²) in [6.45, 7) is 7.97. The van der Waals surface area contributed by atoms with E-state index in [2.05, 4.69) is 37.4 Å². The molecular weight excluding hydrogens is 196 g/mol. The molecule has 16 heavy (non-hydrogen) atoms. The Kier molecular flexibility index (Phi) is 4.80. The van der Waals surface area contributed by atoms with Gasteiger partial charge in [0.25, 0.3) is 0 Å². The van der Waals surface area contributed by atoms with Crippen LogP contribution in [0.2, 0.25) is 0 Å². The molecule has 0 heterocycles. The van der Waals surface area contributed by atoms with Crippen LogP contribution in [0, 0.1) is 0 Å². The van der Waals surface area contributed by atoms with E-state index in [-0.39, 0.29) is 5.92 Å². The SMILES string of the molecule is C=CCCc1ccc(C(CN)C(=C)N)cc1. The van der Waals surface area contributed by atoms with E-state index in [1.54, 1.807) is 0 Å². The maximum absolute atomic E-state index is 5.71. The second kappa shape index (κ2) is 6.13. The first-order valence-electron chi connectivity index (χ1n) is 5.53. The van der Waals surface area contributed by atoms with Crippen molar-refractivity contribution in [3.63, 3.8) is 0 Å². The summed E-state index contributed by atoms with van der Waals surface area (Å²) in [6, 6.07) is 8.39. The highest BCUT2D eigenvalue weighted by molar-refractivity contribution is 5.30. The number of nitrogens with two attached hydrogens (primary N) is 2. The number of aryl methyl sites for hydroxylation is 1. The molecule has 4 N–H and O–H groups in total. The van der Waals surface area contributed by atoms with Crippen LogP contribution in [-0.2, 0) is 6.42 Å². The van der Waals surface area contributed by atoms with Crippen molar-refractivity contribution in [3.05, 3.63) is 60.3 Å². The lowest BCUT2D eigenvalue weighted by atomic mass is 9.95. The van der Waals surface area contributed by atoms with Gasteiger partial charge in [0, 0.05) is 18.2 Å². The fourth-order valence-corrected chi connectivity index (χ4v) is 1.69. The monoisotopic (exact) mass is 216 g/mol. The summed E-state index contributed by atoms with van der Waals surface area (Å²) in [5.41, 5.74) is 14.4. The van der Waals surface area contributed by atoms with Gasteiger partial charge in [-0.2, -0.15) is 0 Å². The van der Waals surface area contributed by atoms with Gasteiger partial charge in [-0.25, -0.2) is 0 Å². The van der Waals surface area contributed by atoms with Crippen molar-refractivity contribution >= 4 is 0 Å². The first-order chi connectivity index (χ1) is 7.69. The van der Waals surface area contributed by atoms with Crippen LogP contribution in [0.4, 0.5) is 0 Å². The number of hydrogen-bond acceptors (Lipinski definition) is 2. The molecule has 1 aromatic carbocycles. The Morgan fingerprint density at radius 3 is 2.38 bits per heavy atom. The topological polar surface area (TPSA) is 52.0 Å². The quantitative estimate of drug-likeness (QED) is 0.717. The van der Waals surface area contributed by atoms with Gasteiger partial charge in [0.15, 0.2) is 0 Å². The predicted molar refractivity (Wildman–Crippen MR) is 70.1 cm³/mol. The summed E-state index contributed by atoms with van der Waals surface area (Å²) in [5, 5.41) is 0. The van der Waals surface area contributed by atoms with Crippen LogP contribution in [0.25, 0.3) is 0 Å². The maximum Gasteiger partial charge on any atom is 0.0352 e. The van der Waals surface area contributed by atoms with Crippen molar-refractivity contribution in [2.75, 3.05) is 6.54 Å². The lowest BCUT2D eigenvalue weighted by Crippen LogP contribution is -2.18. The molecule has 0 bridgehead atoms. The zero-order valence-electron chi connectivity index (χ0n) is 9.65. The molecule has 1 aromatic rings. The molecule has 1 rings (SSSR count). The Labute approximate surface area is 97.7 Å². The molecule has 86 valence electrons. The number of allylic oxidation sites excluding steroid dienone is 1. The zero-order chi connectivity index (χ0) is 12.0. The van der Waals surface area contributed by atoms with Gasteiger partial charge in [-0.05, 0) is 24.0 Å². The largest absolute Gasteiger partial charge is 0.402 e. The highest BCUT2D eigenvalue weighted by Gasteiger charge is 2.10. The molecule has 1 atom stereocenters. The molecule has 0 aliphatic carbocycles. The Bertz CT molecular complexity index is 352. The number of hydrogen-bond donors (Lipinski definition) is 2. The first kappa shape index (κ1) is 12.5. The molecule has 2 nitrogen and oxygen atoms in total. The summed E-state index contributed by atoms with van der Waals surface area (Å²) < 4.78 is 0. The van der Waals surface area contributed by atoms with Gasteiger partial charge >= 0.3 is 0 Å². The van der Waals surface area contributed by atoms with Gasteiger partial charge in [-0.15, -0.1) is 6.58 Å². The van der Waals surface area contributed by atoms with E-state index in [4.69, 9.17) is 11.5 Å². The van der Waals surface area contributed by atoms with E-state index in [9.17, 15) is 0 Å². The third-order valence-corrected chi connectivity index (χ3v) is 2.70. The molecule has 1 unspecified atom stereocenters. The standard InChI is InChI=1S/C14H20N2/c1-3-4-5-12-6-8-13(9-7-12)14(10-15)11(2)16/h3,6-9,14H,1-2,4-5,10,15-16H2. The minimum atomic E-state index is 0.0634. The van der Waals surface area contributed by atoms with Gasteiger partial charge in [-0.1, -0.05) is 36.9 Å². The molecule has 0 aliphatic rings. The third kappa shape index (κ3) is 3.24.